The lowest BCUT2D eigenvalue weighted by atomic mass is 10.4. The van der Waals surface area contributed by atoms with E-state index < -0.39 is 0 Å². The van der Waals surface area contributed by atoms with Crippen LogP contribution in [0.5, 0.6) is 0 Å². The maximum Gasteiger partial charge on any atom is 0.109 e. The number of hydrogen-bond donors (Lipinski definition) is 2. The van der Waals surface area contributed by atoms with Gasteiger partial charge in [-0.15, -0.1) is 0 Å². The Morgan fingerprint density at radius 3 is 2.86 bits per heavy atom. The zero-order valence-corrected chi connectivity index (χ0v) is 3.94. The smallest absolute Gasteiger partial charge is 0.109 e. The highest BCUT2D eigenvalue weighted by Gasteiger charge is 2.09. The molecule has 0 aromatic rings. The molecular formula is C4H7N3. The summed E-state index contributed by atoms with van der Waals surface area (Å²) in [4.78, 5) is 0. The van der Waals surface area contributed by atoms with Crippen LogP contribution in [0.3, 0.4) is 0 Å². The van der Waals surface area contributed by atoms with Crippen molar-refractivity contribution < 1.29 is 0 Å². The fourth-order valence-corrected chi connectivity index (χ4v) is 0.575. The highest BCUT2D eigenvalue weighted by molar-refractivity contribution is 4.94. The molecule has 1 heterocycles. The molecule has 3 heteroatoms. The topological polar surface area (TPSA) is 47.9 Å². The van der Waals surface area contributed by atoms with E-state index in [4.69, 9.17) is 5.26 Å². The molecule has 1 atom stereocenters. The van der Waals surface area contributed by atoms with E-state index in [1.165, 1.54) is 0 Å². The first kappa shape index (κ1) is 4.57. The zero-order chi connectivity index (χ0) is 5.11. The summed E-state index contributed by atoms with van der Waals surface area (Å²) < 4.78 is 0. The van der Waals surface area contributed by atoms with E-state index in [1.807, 2.05) is 0 Å². The van der Waals surface area contributed by atoms with Crippen LogP contribution in [-0.4, -0.2) is 19.3 Å². The molecule has 1 saturated heterocycles. The second-order valence-corrected chi connectivity index (χ2v) is 1.52. The Labute approximate surface area is 42.3 Å². The van der Waals surface area contributed by atoms with E-state index in [9.17, 15) is 0 Å². The Hall–Kier alpha value is -0.590. The second-order valence-electron chi connectivity index (χ2n) is 1.52. The largest absolute Gasteiger partial charge is 0.302 e. The normalized spacial score (nSPS) is 29.9. The molecule has 0 aliphatic carbocycles. The van der Waals surface area contributed by atoms with Crippen LogP contribution in [0.25, 0.3) is 0 Å². The molecule has 0 aromatic heterocycles. The lowest BCUT2D eigenvalue weighted by Crippen LogP contribution is -2.20. The third-order valence-corrected chi connectivity index (χ3v) is 0.978. The molecule has 0 radical (unpaired) electrons. The fraction of sp³-hybridized carbons (Fsp3) is 0.750. The number of nitrogens with one attached hydrogen (secondary N) is 2. The van der Waals surface area contributed by atoms with E-state index in [2.05, 4.69) is 16.7 Å². The summed E-state index contributed by atoms with van der Waals surface area (Å²) in [7, 11) is 0. The second kappa shape index (κ2) is 1.92. The maximum atomic E-state index is 8.21. The van der Waals surface area contributed by atoms with Crippen molar-refractivity contribution in [1.82, 2.24) is 10.6 Å². The number of nitriles is 1. The van der Waals surface area contributed by atoms with Crippen molar-refractivity contribution in [1.29, 1.82) is 5.26 Å². The van der Waals surface area contributed by atoms with Crippen LogP contribution in [0.2, 0.25) is 0 Å². The molecule has 3 nitrogen and oxygen atoms in total. The van der Waals surface area contributed by atoms with Gasteiger partial charge < -0.3 is 5.32 Å². The van der Waals surface area contributed by atoms with Crippen molar-refractivity contribution >= 4 is 0 Å². The summed E-state index contributed by atoms with van der Waals surface area (Å²) in [6.45, 7) is 1.56. The summed E-state index contributed by atoms with van der Waals surface area (Å²) in [6.07, 6.45) is 0. The fourth-order valence-electron chi connectivity index (χ4n) is 0.575. The van der Waals surface area contributed by atoms with Crippen LogP contribution in [0, 0.1) is 11.3 Å². The van der Waals surface area contributed by atoms with Gasteiger partial charge in [0, 0.05) is 13.2 Å². The summed E-state index contributed by atoms with van der Waals surface area (Å²) >= 11 is 0. The number of rotatable bonds is 0. The van der Waals surface area contributed by atoms with Gasteiger partial charge in [-0.1, -0.05) is 0 Å². The Kier molecular flexibility index (Phi) is 1.25. The van der Waals surface area contributed by atoms with Crippen molar-refractivity contribution in [2.75, 3.05) is 13.2 Å². The SMILES string of the molecule is N#CC1CNCN1. The molecule has 1 aliphatic rings. The molecule has 1 unspecified atom stereocenters. The molecular weight excluding hydrogens is 90.1 g/mol. The number of hydrogen-bond acceptors (Lipinski definition) is 3. The van der Waals surface area contributed by atoms with Gasteiger partial charge in [-0.3, -0.25) is 5.32 Å². The van der Waals surface area contributed by atoms with Crippen LogP contribution in [-0.2, 0) is 0 Å². The Bertz CT molecular complexity index is 87.6. The van der Waals surface area contributed by atoms with Gasteiger partial charge in [-0.2, -0.15) is 5.26 Å². The molecule has 1 fully saturated rings. The standard InChI is InChI=1S/C4H7N3/c5-1-4-2-6-3-7-4/h4,6-7H,2-3H2. The van der Waals surface area contributed by atoms with Crippen LogP contribution in [0.15, 0.2) is 0 Å². The van der Waals surface area contributed by atoms with Gasteiger partial charge in [0.2, 0.25) is 0 Å². The number of nitrogens with zero attached hydrogens (tertiary/aromatic N) is 1. The van der Waals surface area contributed by atoms with Crippen LogP contribution in [0.4, 0.5) is 0 Å². The Balaban J connectivity index is 2.31. The minimum Gasteiger partial charge on any atom is -0.302 e. The maximum absolute atomic E-state index is 8.21. The molecule has 0 spiro atoms. The van der Waals surface area contributed by atoms with E-state index in [0.717, 1.165) is 13.2 Å². The first-order valence-electron chi connectivity index (χ1n) is 2.27. The molecule has 7 heavy (non-hydrogen) atoms. The molecule has 38 valence electrons. The summed E-state index contributed by atoms with van der Waals surface area (Å²) in [5, 5.41) is 14.1. The summed E-state index contributed by atoms with van der Waals surface area (Å²) in [5.41, 5.74) is 0. The van der Waals surface area contributed by atoms with Crippen molar-refractivity contribution in [3.05, 3.63) is 0 Å². The zero-order valence-electron chi connectivity index (χ0n) is 3.94. The van der Waals surface area contributed by atoms with Gasteiger partial charge in [-0.05, 0) is 0 Å². The molecule has 0 aromatic carbocycles. The van der Waals surface area contributed by atoms with Gasteiger partial charge in [0.25, 0.3) is 0 Å². The van der Waals surface area contributed by atoms with Crippen LogP contribution >= 0.6 is 0 Å². The average Bonchev–Trinajstić information content (AvgIpc) is 2.14. The van der Waals surface area contributed by atoms with E-state index >= 15 is 0 Å². The van der Waals surface area contributed by atoms with Crippen molar-refractivity contribution in [3.8, 4) is 6.07 Å². The molecule has 0 bridgehead atoms. The third kappa shape index (κ3) is 0.889. The quantitative estimate of drug-likeness (QED) is 0.409. The minimum absolute atomic E-state index is 0.0417. The van der Waals surface area contributed by atoms with Crippen molar-refractivity contribution in [3.63, 3.8) is 0 Å². The highest BCUT2D eigenvalue weighted by atomic mass is 15.2. The van der Waals surface area contributed by atoms with E-state index in [0.29, 0.717) is 0 Å². The van der Waals surface area contributed by atoms with Gasteiger partial charge >= 0.3 is 0 Å². The Morgan fingerprint density at radius 2 is 2.57 bits per heavy atom. The summed E-state index contributed by atoms with van der Waals surface area (Å²) in [5.74, 6) is 0. The monoisotopic (exact) mass is 97.1 g/mol. The van der Waals surface area contributed by atoms with Gasteiger partial charge in [0.1, 0.15) is 6.04 Å². The van der Waals surface area contributed by atoms with Crippen molar-refractivity contribution in [2.45, 2.75) is 6.04 Å². The van der Waals surface area contributed by atoms with Gasteiger partial charge in [-0.25, -0.2) is 0 Å². The molecule has 0 amide bonds. The molecule has 0 saturated carbocycles. The average molecular weight is 97.1 g/mol. The minimum atomic E-state index is 0.0417. The highest BCUT2D eigenvalue weighted by Crippen LogP contribution is 1.81. The first-order chi connectivity index (χ1) is 3.43. The van der Waals surface area contributed by atoms with E-state index in [-0.39, 0.29) is 6.04 Å². The molecule has 2 N–H and O–H groups in total. The third-order valence-electron chi connectivity index (χ3n) is 0.978. The predicted octanol–water partition coefficient (Wildman–Crippen LogP) is -0.971. The molecule has 1 aliphatic heterocycles. The Morgan fingerprint density at radius 1 is 1.71 bits per heavy atom. The lowest BCUT2D eigenvalue weighted by Gasteiger charge is -1.89. The van der Waals surface area contributed by atoms with Gasteiger partial charge in [0.05, 0.1) is 6.07 Å². The predicted molar refractivity (Wildman–Crippen MR) is 25.4 cm³/mol. The van der Waals surface area contributed by atoms with Gasteiger partial charge in [0.15, 0.2) is 0 Å². The molecule has 1 rings (SSSR count). The van der Waals surface area contributed by atoms with Crippen LogP contribution < -0.4 is 10.6 Å². The van der Waals surface area contributed by atoms with Crippen LogP contribution in [0.1, 0.15) is 0 Å². The van der Waals surface area contributed by atoms with Crippen molar-refractivity contribution in [2.24, 2.45) is 0 Å². The lowest BCUT2D eigenvalue weighted by molar-refractivity contribution is 0.759. The first-order valence-corrected chi connectivity index (χ1v) is 2.27. The van der Waals surface area contributed by atoms with E-state index in [1.54, 1.807) is 0 Å². The summed E-state index contributed by atoms with van der Waals surface area (Å²) in [6, 6.07) is 2.13.